The van der Waals surface area contributed by atoms with Crippen LogP contribution in [0.25, 0.3) is 0 Å². The highest BCUT2D eigenvalue weighted by Gasteiger charge is 2.10. The number of benzene rings is 1. The summed E-state index contributed by atoms with van der Waals surface area (Å²) in [5, 5.41) is 0. The molecule has 4 nitrogen and oxygen atoms in total. The number of aromatic nitrogens is 1. The predicted molar refractivity (Wildman–Crippen MR) is 129 cm³/mol. The first kappa shape index (κ1) is 24.3. The van der Waals surface area contributed by atoms with Gasteiger partial charge in [-0.05, 0) is 68.8 Å². The van der Waals surface area contributed by atoms with E-state index in [1.54, 1.807) is 11.8 Å². The summed E-state index contributed by atoms with van der Waals surface area (Å²) >= 11 is 1.80. The van der Waals surface area contributed by atoms with Gasteiger partial charge in [0.2, 0.25) is 0 Å². The van der Waals surface area contributed by atoms with Crippen LogP contribution < -0.4 is 0 Å². The van der Waals surface area contributed by atoms with Crippen molar-refractivity contribution in [2.75, 3.05) is 12.9 Å². The Morgan fingerprint density at radius 3 is 2.57 bits per heavy atom. The Morgan fingerprint density at radius 1 is 1.20 bits per heavy atom. The van der Waals surface area contributed by atoms with Gasteiger partial charge in [0, 0.05) is 35.6 Å². The van der Waals surface area contributed by atoms with Crippen LogP contribution in [0.15, 0.2) is 46.5 Å². The molecule has 162 valence electrons. The molecule has 5 heteroatoms. The number of thioether (sulfide) groups is 1. The van der Waals surface area contributed by atoms with E-state index in [-0.39, 0.29) is 0 Å². The van der Waals surface area contributed by atoms with Crippen LogP contribution in [0.2, 0.25) is 0 Å². The Morgan fingerprint density at radius 2 is 1.97 bits per heavy atom. The molecule has 1 aliphatic carbocycles. The highest BCUT2D eigenvalue weighted by atomic mass is 32.2. The number of aryl methyl sites for hydroxylation is 2. The predicted octanol–water partition coefficient (Wildman–Crippen LogP) is 6.23. The molecule has 1 aromatic carbocycles. The molecule has 2 aromatic rings. The van der Waals surface area contributed by atoms with Crippen molar-refractivity contribution in [2.45, 2.75) is 63.8 Å². The molecule has 0 atom stereocenters. The second kappa shape index (κ2) is 13.3. The molecule has 1 fully saturated rings. The van der Waals surface area contributed by atoms with Crippen molar-refractivity contribution >= 4 is 30.5 Å². The van der Waals surface area contributed by atoms with E-state index < -0.39 is 0 Å². The van der Waals surface area contributed by atoms with Gasteiger partial charge in [-0.1, -0.05) is 38.3 Å². The van der Waals surface area contributed by atoms with Crippen LogP contribution in [0.3, 0.4) is 0 Å². The molecule has 0 spiro atoms. The van der Waals surface area contributed by atoms with Gasteiger partial charge >= 0.3 is 0 Å². The van der Waals surface area contributed by atoms with Crippen molar-refractivity contribution in [1.29, 1.82) is 0 Å². The molecule has 0 saturated heterocycles. The standard InChI is InChI=1S/C18H23N3S.C7H12O/c1-5-15-6-7-17(19-3)18(9-15)22-13-21(4)12-16-8-14(2)10-20-11-16;8-6-7-4-2-1-3-5-7/h6-11H,3,5,12-13H2,1-2,4H3;6-7H,1-5H2. The lowest BCUT2D eigenvalue weighted by Crippen LogP contribution is -2.17. The molecule has 1 heterocycles. The van der Waals surface area contributed by atoms with Crippen LogP contribution in [0.4, 0.5) is 5.69 Å². The highest BCUT2D eigenvalue weighted by molar-refractivity contribution is 7.99. The van der Waals surface area contributed by atoms with Crippen molar-refractivity contribution in [3.8, 4) is 0 Å². The minimum Gasteiger partial charge on any atom is -0.303 e. The van der Waals surface area contributed by atoms with Gasteiger partial charge in [0.1, 0.15) is 6.29 Å². The summed E-state index contributed by atoms with van der Waals surface area (Å²) in [5.41, 5.74) is 4.74. The van der Waals surface area contributed by atoms with Crippen LogP contribution >= 0.6 is 11.8 Å². The molecule has 0 amide bonds. The smallest absolute Gasteiger partial charge is 0.123 e. The highest BCUT2D eigenvalue weighted by Crippen LogP contribution is 2.31. The molecule has 1 aromatic heterocycles. The average Bonchev–Trinajstić information content (AvgIpc) is 2.78. The third kappa shape index (κ3) is 8.41. The first-order chi connectivity index (χ1) is 14.5. The van der Waals surface area contributed by atoms with E-state index in [1.807, 2.05) is 12.4 Å². The topological polar surface area (TPSA) is 45.6 Å². The summed E-state index contributed by atoms with van der Waals surface area (Å²) in [6, 6.07) is 8.58. The van der Waals surface area contributed by atoms with E-state index in [1.165, 1.54) is 40.8 Å². The Kier molecular flexibility index (Phi) is 10.8. The number of hydrogen-bond acceptors (Lipinski definition) is 5. The molecular formula is C25H35N3OS. The molecule has 0 unspecified atom stereocenters. The number of carbonyl (C=O) groups excluding carboxylic acids is 1. The number of carbonyl (C=O) groups is 1. The van der Waals surface area contributed by atoms with E-state index >= 15 is 0 Å². The van der Waals surface area contributed by atoms with Gasteiger partial charge in [0.15, 0.2) is 0 Å². The maximum Gasteiger partial charge on any atom is 0.123 e. The number of rotatable bonds is 8. The lowest BCUT2D eigenvalue weighted by atomic mass is 9.91. The summed E-state index contributed by atoms with van der Waals surface area (Å²) in [4.78, 5) is 22.0. The quantitative estimate of drug-likeness (QED) is 0.218. The Hall–Kier alpha value is -1.98. The average molecular weight is 426 g/mol. The van der Waals surface area contributed by atoms with E-state index in [9.17, 15) is 4.79 Å². The molecular weight excluding hydrogens is 390 g/mol. The Labute approximate surface area is 186 Å². The van der Waals surface area contributed by atoms with Crippen molar-refractivity contribution < 1.29 is 4.79 Å². The number of hydrogen-bond donors (Lipinski definition) is 0. The minimum atomic E-state index is 0.406. The van der Waals surface area contributed by atoms with Crippen LogP contribution in [0.5, 0.6) is 0 Å². The van der Waals surface area contributed by atoms with Gasteiger partial charge < -0.3 is 4.79 Å². The summed E-state index contributed by atoms with van der Waals surface area (Å²) < 4.78 is 0. The largest absolute Gasteiger partial charge is 0.303 e. The molecule has 0 bridgehead atoms. The summed E-state index contributed by atoms with van der Waals surface area (Å²) in [5.74, 6) is 1.31. The fraction of sp³-hybridized carbons (Fsp3) is 0.480. The first-order valence-corrected chi connectivity index (χ1v) is 11.8. The zero-order valence-electron chi connectivity index (χ0n) is 18.6. The van der Waals surface area contributed by atoms with Gasteiger partial charge in [0.05, 0.1) is 5.69 Å². The van der Waals surface area contributed by atoms with Crippen LogP contribution in [0, 0.1) is 12.8 Å². The van der Waals surface area contributed by atoms with Crippen molar-refractivity contribution in [3.05, 3.63) is 53.3 Å². The van der Waals surface area contributed by atoms with Crippen molar-refractivity contribution in [2.24, 2.45) is 10.9 Å². The zero-order chi connectivity index (χ0) is 21.8. The summed E-state index contributed by atoms with van der Waals surface area (Å²) in [6.07, 6.45) is 12.1. The molecule has 0 N–H and O–H groups in total. The van der Waals surface area contributed by atoms with E-state index in [0.717, 1.165) is 43.7 Å². The van der Waals surface area contributed by atoms with Gasteiger partial charge in [-0.15, -0.1) is 11.8 Å². The summed E-state index contributed by atoms with van der Waals surface area (Å²) in [7, 11) is 2.13. The molecule has 0 aliphatic heterocycles. The van der Waals surface area contributed by atoms with Gasteiger partial charge in [-0.2, -0.15) is 0 Å². The fourth-order valence-electron chi connectivity index (χ4n) is 3.54. The van der Waals surface area contributed by atoms with Crippen molar-refractivity contribution in [1.82, 2.24) is 9.88 Å². The monoisotopic (exact) mass is 425 g/mol. The maximum absolute atomic E-state index is 10.2. The van der Waals surface area contributed by atoms with Crippen LogP contribution in [0.1, 0.15) is 55.7 Å². The Balaban J connectivity index is 0.000000335. The molecule has 1 aliphatic rings. The zero-order valence-corrected chi connectivity index (χ0v) is 19.5. The van der Waals surface area contributed by atoms with E-state index in [0.29, 0.717) is 5.92 Å². The van der Waals surface area contributed by atoms with Crippen LogP contribution in [-0.4, -0.2) is 35.8 Å². The molecule has 1 saturated carbocycles. The first-order valence-electron chi connectivity index (χ1n) is 10.8. The fourth-order valence-corrected chi connectivity index (χ4v) is 4.50. The molecule has 3 rings (SSSR count). The van der Waals surface area contributed by atoms with Crippen molar-refractivity contribution in [3.63, 3.8) is 0 Å². The number of aliphatic imine (C=N–C) groups is 1. The van der Waals surface area contributed by atoms with Crippen LogP contribution in [-0.2, 0) is 17.8 Å². The molecule has 0 radical (unpaired) electrons. The number of nitrogens with zero attached hydrogens (tertiary/aromatic N) is 3. The van der Waals surface area contributed by atoms with Gasteiger partial charge in [0.25, 0.3) is 0 Å². The van der Waals surface area contributed by atoms with Gasteiger partial charge in [-0.3, -0.25) is 14.9 Å². The lowest BCUT2D eigenvalue weighted by Gasteiger charge is -2.17. The normalized spacial score (nSPS) is 14.1. The molecule has 30 heavy (non-hydrogen) atoms. The maximum atomic E-state index is 10.2. The third-order valence-corrected chi connectivity index (χ3v) is 6.48. The second-order valence-corrected chi connectivity index (χ2v) is 8.99. The lowest BCUT2D eigenvalue weighted by molar-refractivity contribution is -0.111. The third-order valence-electron chi connectivity index (χ3n) is 5.27. The van der Waals surface area contributed by atoms with E-state index in [4.69, 9.17) is 0 Å². The summed E-state index contributed by atoms with van der Waals surface area (Å²) in [6.45, 7) is 8.80. The number of pyridine rings is 1. The SMILES string of the molecule is C=Nc1ccc(CC)cc1SCN(C)Cc1cncc(C)c1.O=CC1CCCCC1. The van der Waals surface area contributed by atoms with E-state index in [2.05, 4.69) is 66.8 Å². The Bertz CT molecular complexity index is 803. The number of aldehydes is 1. The minimum absolute atomic E-state index is 0.406. The second-order valence-electron chi connectivity index (χ2n) is 8.01. The van der Waals surface area contributed by atoms with Gasteiger partial charge in [-0.25, -0.2) is 0 Å².